The molecule has 94 valence electrons. The van der Waals surface area contributed by atoms with Gasteiger partial charge in [-0.2, -0.15) is 4.89 Å². The fraction of sp³-hybridized carbons (Fsp3) is 0.333. The molecule has 1 N–H and O–H groups in total. The summed E-state index contributed by atoms with van der Waals surface area (Å²) in [6, 6.07) is 10.0. The summed E-state index contributed by atoms with van der Waals surface area (Å²) in [4.78, 5) is 26.2. The number of carbonyl (C=O) groups excluding carboxylic acids is 2. The van der Waals surface area contributed by atoms with E-state index in [9.17, 15) is 9.59 Å². The van der Waals surface area contributed by atoms with Crippen molar-refractivity contribution in [3.63, 3.8) is 0 Å². The minimum absolute atomic E-state index is 0.629. The summed E-state index contributed by atoms with van der Waals surface area (Å²) in [5, 5.41) is 0. The standard InChI is InChI=1S/C9H10O.C3H6O.HO2P/c10-8-4-7-9-5-2-1-3-6-9;1-2-3-4;1-3-2/h1-3,5-6,8H,4,7H2;3H,2H2,1H3;3H/p+1. The smallest absolute Gasteiger partial charge is 0.303 e. The van der Waals surface area contributed by atoms with Gasteiger partial charge in [0.05, 0.1) is 0 Å². The summed E-state index contributed by atoms with van der Waals surface area (Å²) >= 11 is 0. The molecule has 0 saturated carbocycles. The molecule has 1 atom stereocenters. The van der Waals surface area contributed by atoms with Crippen molar-refractivity contribution in [3.8, 4) is 0 Å². The second kappa shape index (κ2) is 17.0. The van der Waals surface area contributed by atoms with Crippen LogP contribution in [-0.4, -0.2) is 17.5 Å². The van der Waals surface area contributed by atoms with E-state index in [1.54, 1.807) is 0 Å². The average molecular weight is 257 g/mol. The summed E-state index contributed by atoms with van der Waals surface area (Å²) < 4.78 is 8.51. The topological polar surface area (TPSA) is 71.4 Å². The van der Waals surface area contributed by atoms with E-state index in [1.165, 1.54) is 5.56 Å². The Balaban J connectivity index is 0. The van der Waals surface area contributed by atoms with Crippen molar-refractivity contribution in [2.75, 3.05) is 0 Å². The molecule has 1 aromatic rings. The first kappa shape index (κ1) is 18.0. The molecular weight excluding hydrogens is 239 g/mol. The molecule has 5 heteroatoms. The number of hydrogen-bond donors (Lipinski definition) is 1. The van der Waals surface area contributed by atoms with Crippen molar-refractivity contribution < 1.29 is 19.0 Å². The minimum atomic E-state index is -1.17. The van der Waals surface area contributed by atoms with Crippen LogP contribution in [0.15, 0.2) is 30.3 Å². The molecule has 0 amide bonds. The highest BCUT2D eigenvalue weighted by molar-refractivity contribution is 7.16. The van der Waals surface area contributed by atoms with Gasteiger partial charge in [0.1, 0.15) is 12.6 Å². The van der Waals surface area contributed by atoms with Gasteiger partial charge in [-0.1, -0.05) is 37.3 Å². The fourth-order valence-corrected chi connectivity index (χ4v) is 0.870. The Morgan fingerprint density at radius 3 is 2.00 bits per heavy atom. The molecule has 0 spiro atoms. The number of aryl methyl sites for hydroxylation is 1. The molecule has 1 unspecified atom stereocenters. The molecule has 0 aliphatic carbocycles. The summed E-state index contributed by atoms with van der Waals surface area (Å²) in [6.07, 6.45) is 3.96. The van der Waals surface area contributed by atoms with E-state index in [1.807, 2.05) is 37.3 Å². The molecule has 4 nitrogen and oxygen atoms in total. The highest BCUT2D eigenvalue weighted by Gasteiger charge is 1.87. The zero-order valence-electron chi connectivity index (χ0n) is 9.83. The third kappa shape index (κ3) is 17.2. The number of benzene rings is 1. The van der Waals surface area contributed by atoms with Crippen LogP contribution in [-0.2, 0) is 20.6 Å². The van der Waals surface area contributed by atoms with Gasteiger partial charge in [0, 0.05) is 12.8 Å². The van der Waals surface area contributed by atoms with Crippen molar-refractivity contribution in [1.29, 1.82) is 0 Å². The van der Waals surface area contributed by atoms with Gasteiger partial charge in [-0.15, -0.1) is 0 Å². The Bertz CT molecular complexity index is 288. The summed E-state index contributed by atoms with van der Waals surface area (Å²) in [7, 11) is -1.17. The van der Waals surface area contributed by atoms with Crippen LogP contribution in [0.4, 0.5) is 0 Å². The predicted molar refractivity (Wildman–Crippen MR) is 68.4 cm³/mol. The molecule has 1 rings (SSSR count). The molecule has 0 radical (unpaired) electrons. The molecule has 0 heterocycles. The van der Waals surface area contributed by atoms with Crippen LogP contribution in [0, 0.1) is 0 Å². The lowest BCUT2D eigenvalue weighted by molar-refractivity contribution is -0.108. The van der Waals surface area contributed by atoms with E-state index in [0.29, 0.717) is 12.8 Å². The number of carbonyl (C=O) groups is 2. The highest BCUT2D eigenvalue weighted by atomic mass is 31.1. The van der Waals surface area contributed by atoms with Crippen LogP contribution in [0.2, 0.25) is 0 Å². The minimum Gasteiger partial charge on any atom is -0.303 e. The van der Waals surface area contributed by atoms with Gasteiger partial charge >= 0.3 is 8.69 Å². The lowest BCUT2D eigenvalue weighted by Crippen LogP contribution is -1.83. The first-order valence-corrected chi connectivity index (χ1v) is 6.04. The van der Waals surface area contributed by atoms with E-state index in [2.05, 4.69) is 0 Å². The van der Waals surface area contributed by atoms with Crippen LogP contribution in [0.3, 0.4) is 0 Å². The van der Waals surface area contributed by atoms with Gasteiger partial charge in [-0.25, -0.2) is 0 Å². The molecule has 0 aromatic heterocycles. The monoisotopic (exact) mass is 257 g/mol. The van der Waals surface area contributed by atoms with Gasteiger partial charge in [0.2, 0.25) is 0 Å². The second-order valence-corrected chi connectivity index (χ2v) is 3.04. The number of hydrogen-bond acceptors (Lipinski definition) is 3. The molecular formula is C12H18O4P+. The van der Waals surface area contributed by atoms with Gasteiger partial charge in [0.15, 0.2) is 0 Å². The molecule has 0 bridgehead atoms. The van der Waals surface area contributed by atoms with E-state index in [0.717, 1.165) is 19.0 Å². The molecule has 0 aliphatic heterocycles. The first-order chi connectivity index (χ1) is 8.26. The average Bonchev–Trinajstić information content (AvgIpc) is 2.39. The summed E-state index contributed by atoms with van der Waals surface area (Å²) in [5.41, 5.74) is 1.23. The van der Waals surface area contributed by atoms with E-state index in [-0.39, 0.29) is 0 Å². The van der Waals surface area contributed by atoms with Gasteiger partial charge in [-0.05, 0) is 16.5 Å². The first-order valence-electron chi connectivity index (χ1n) is 5.19. The maximum atomic E-state index is 9.98. The van der Waals surface area contributed by atoms with Gasteiger partial charge in [-0.3, -0.25) is 0 Å². The molecule has 17 heavy (non-hydrogen) atoms. The fourth-order valence-electron chi connectivity index (χ4n) is 0.870. The van der Waals surface area contributed by atoms with E-state index in [4.69, 9.17) is 9.46 Å². The van der Waals surface area contributed by atoms with E-state index >= 15 is 0 Å². The zero-order chi connectivity index (χ0) is 13.4. The molecule has 1 aromatic carbocycles. The quantitative estimate of drug-likeness (QED) is 0.663. The Morgan fingerprint density at radius 1 is 1.18 bits per heavy atom. The Kier molecular flexibility index (Phi) is 18.0. The van der Waals surface area contributed by atoms with Crippen molar-refractivity contribution in [2.24, 2.45) is 0 Å². The van der Waals surface area contributed by atoms with Crippen molar-refractivity contribution >= 4 is 21.3 Å². The lowest BCUT2D eigenvalue weighted by Gasteiger charge is -1.93. The number of rotatable bonds is 4. The summed E-state index contributed by atoms with van der Waals surface area (Å²) in [6.45, 7) is 1.81. The van der Waals surface area contributed by atoms with E-state index < -0.39 is 8.69 Å². The third-order valence-electron chi connectivity index (χ3n) is 1.56. The normalized spacial score (nSPS) is 8.12. The molecule has 0 aliphatic rings. The van der Waals surface area contributed by atoms with Crippen molar-refractivity contribution in [1.82, 2.24) is 0 Å². The molecule has 0 saturated heterocycles. The maximum absolute atomic E-state index is 9.98. The largest absolute Gasteiger partial charge is 0.491 e. The summed E-state index contributed by atoms with van der Waals surface area (Å²) in [5.74, 6) is 0. The lowest BCUT2D eigenvalue weighted by atomic mass is 10.1. The van der Waals surface area contributed by atoms with Crippen molar-refractivity contribution in [3.05, 3.63) is 35.9 Å². The molecule has 0 fully saturated rings. The zero-order valence-corrected chi connectivity index (χ0v) is 10.8. The predicted octanol–water partition coefficient (Wildman–Crippen LogP) is 2.33. The van der Waals surface area contributed by atoms with Crippen LogP contribution < -0.4 is 0 Å². The van der Waals surface area contributed by atoms with Gasteiger partial charge < -0.3 is 9.59 Å². The third-order valence-corrected chi connectivity index (χ3v) is 1.56. The number of aldehydes is 2. The Morgan fingerprint density at radius 2 is 1.65 bits per heavy atom. The Hall–Kier alpha value is -1.38. The van der Waals surface area contributed by atoms with Crippen molar-refractivity contribution in [2.45, 2.75) is 26.2 Å². The van der Waals surface area contributed by atoms with Crippen LogP contribution in [0.25, 0.3) is 0 Å². The SMILES string of the molecule is CCC=O.O=CCCc1ccccc1.O=[PH+]O. The maximum Gasteiger partial charge on any atom is 0.491 e. The van der Waals surface area contributed by atoms with Crippen LogP contribution >= 0.6 is 8.69 Å². The van der Waals surface area contributed by atoms with Gasteiger partial charge in [0.25, 0.3) is 0 Å². The van der Waals surface area contributed by atoms with Crippen LogP contribution in [0.5, 0.6) is 0 Å². The highest BCUT2D eigenvalue weighted by Crippen LogP contribution is 2.00. The van der Waals surface area contributed by atoms with Crippen LogP contribution in [0.1, 0.15) is 25.3 Å². The Labute approximate surface area is 103 Å². The second-order valence-electron chi connectivity index (χ2n) is 2.86.